The van der Waals surface area contributed by atoms with Gasteiger partial charge in [0.2, 0.25) is 5.91 Å². The van der Waals surface area contributed by atoms with E-state index in [1.165, 1.54) is 43.2 Å². The number of fused-ring (bicyclic) bond motifs is 1. The van der Waals surface area contributed by atoms with Crippen LogP contribution in [0.5, 0.6) is 5.75 Å². The van der Waals surface area contributed by atoms with Gasteiger partial charge in [0.25, 0.3) is 10.0 Å². The van der Waals surface area contributed by atoms with E-state index in [1.807, 2.05) is 19.9 Å². The van der Waals surface area contributed by atoms with Crippen molar-refractivity contribution in [2.75, 3.05) is 18.0 Å². The van der Waals surface area contributed by atoms with Crippen LogP contribution in [-0.2, 0) is 27.7 Å². The van der Waals surface area contributed by atoms with Gasteiger partial charge in [-0.3, -0.25) is 9.10 Å². The summed E-state index contributed by atoms with van der Waals surface area (Å²) in [6.45, 7) is 3.53. The van der Waals surface area contributed by atoms with Crippen molar-refractivity contribution in [2.45, 2.75) is 56.9 Å². The summed E-state index contributed by atoms with van der Waals surface area (Å²) in [7, 11) is -2.53. The molecular weight excluding hydrogens is 472 g/mol. The highest BCUT2D eigenvalue weighted by molar-refractivity contribution is 7.92. The maximum atomic E-state index is 13.7. The van der Waals surface area contributed by atoms with Gasteiger partial charge in [0.05, 0.1) is 23.7 Å². The molecule has 0 bridgehead atoms. The van der Waals surface area contributed by atoms with Gasteiger partial charge >= 0.3 is 0 Å². The van der Waals surface area contributed by atoms with E-state index in [0.29, 0.717) is 17.9 Å². The third-order valence-corrected chi connectivity index (χ3v) is 8.51. The van der Waals surface area contributed by atoms with Gasteiger partial charge in [-0.1, -0.05) is 49.4 Å². The summed E-state index contributed by atoms with van der Waals surface area (Å²) in [5.41, 5.74) is 4.98. The summed E-state index contributed by atoms with van der Waals surface area (Å²) >= 11 is 0. The van der Waals surface area contributed by atoms with Gasteiger partial charge in [0.15, 0.2) is 0 Å². The fourth-order valence-corrected chi connectivity index (χ4v) is 6.22. The Hall–Kier alpha value is -3.32. The first-order valence-electron chi connectivity index (χ1n) is 12.5. The van der Waals surface area contributed by atoms with Crippen molar-refractivity contribution in [3.05, 3.63) is 89.0 Å². The lowest BCUT2D eigenvalue weighted by Crippen LogP contribution is -2.42. The minimum Gasteiger partial charge on any atom is -0.495 e. The average molecular weight is 507 g/mol. The number of sulfonamides is 1. The highest BCUT2D eigenvalue weighted by Gasteiger charge is 2.30. The molecule has 0 heterocycles. The summed E-state index contributed by atoms with van der Waals surface area (Å²) in [5.74, 6) is 0.0114. The zero-order valence-corrected chi connectivity index (χ0v) is 22.0. The van der Waals surface area contributed by atoms with E-state index in [0.717, 1.165) is 28.3 Å². The maximum Gasteiger partial charge on any atom is 0.264 e. The second-order valence-corrected chi connectivity index (χ2v) is 11.1. The first kappa shape index (κ1) is 25.8. The zero-order valence-electron chi connectivity index (χ0n) is 21.2. The molecule has 36 heavy (non-hydrogen) atoms. The third-order valence-electron chi connectivity index (χ3n) is 6.74. The molecule has 1 unspecified atom stereocenters. The molecule has 3 aromatic rings. The van der Waals surface area contributed by atoms with Crippen molar-refractivity contribution < 1.29 is 17.9 Å². The van der Waals surface area contributed by atoms with Gasteiger partial charge in [-0.2, -0.15) is 0 Å². The molecule has 0 fully saturated rings. The van der Waals surface area contributed by atoms with E-state index in [4.69, 9.17) is 4.74 Å². The van der Waals surface area contributed by atoms with Crippen LogP contribution in [0.4, 0.5) is 5.69 Å². The van der Waals surface area contributed by atoms with Gasteiger partial charge in [-0.15, -0.1) is 0 Å². The molecule has 4 rings (SSSR count). The lowest BCUT2D eigenvalue weighted by atomic mass is 9.89. The first-order valence-corrected chi connectivity index (χ1v) is 13.9. The number of hydrogen-bond acceptors (Lipinski definition) is 4. The number of ether oxygens (including phenoxy) is 1. The number of nitrogens with zero attached hydrogens (tertiary/aromatic N) is 1. The number of carbonyl (C=O) groups excluding carboxylic acids is 1. The van der Waals surface area contributed by atoms with E-state index in [9.17, 15) is 13.2 Å². The molecule has 1 aliphatic rings. The number of anilines is 1. The molecule has 1 aliphatic carbocycles. The fraction of sp³-hybridized carbons (Fsp3) is 0.345. The number of carbonyl (C=O) groups is 1. The molecule has 0 radical (unpaired) electrons. The van der Waals surface area contributed by atoms with E-state index in [1.54, 1.807) is 30.3 Å². The molecule has 7 heteroatoms. The van der Waals surface area contributed by atoms with Crippen LogP contribution < -0.4 is 14.4 Å². The van der Waals surface area contributed by atoms with Gasteiger partial charge < -0.3 is 10.1 Å². The normalized spacial score (nSPS) is 14.0. The number of benzene rings is 3. The van der Waals surface area contributed by atoms with E-state index < -0.39 is 10.0 Å². The van der Waals surface area contributed by atoms with Crippen LogP contribution in [0.25, 0.3) is 0 Å². The van der Waals surface area contributed by atoms with Crippen LogP contribution in [-0.4, -0.2) is 28.0 Å². The van der Waals surface area contributed by atoms with Gasteiger partial charge in [-0.25, -0.2) is 8.42 Å². The molecular formula is C29H34N2O4S. The fourth-order valence-electron chi connectivity index (χ4n) is 4.78. The highest BCUT2D eigenvalue weighted by Crippen LogP contribution is 2.33. The van der Waals surface area contributed by atoms with Crippen molar-refractivity contribution in [2.24, 2.45) is 0 Å². The Morgan fingerprint density at radius 2 is 1.72 bits per heavy atom. The number of rotatable bonds is 9. The molecule has 1 amide bonds. The van der Waals surface area contributed by atoms with Crippen molar-refractivity contribution in [3.8, 4) is 5.75 Å². The van der Waals surface area contributed by atoms with E-state index in [-0.39, 0.29) is 23.4 Å². The Labute approximate surface area is 214 Å². The quantitative estimate of drug-likeness (QED) is 0.425. The van der Waals surface area contributed by atoms with Crippen LogP contribution in [0, 0.1) is 6.92 Å². The van der Waals surface area contributed by atoms with Crippen molar-refractivity contribution in [1.29, 1.82) is 0 Å². The monoisotopic (exact) mass is 506 g/mol. The molecule has 190 valence electrons. The molecule has 1 N–H and O–H groups in total. The maximum absolute atomic E-state index is 13.7. The van der Waals surface area contributed by atoms with E-state index >= 15 is 0 Å². The van der Waals surface area contributed by atoms with Crippen LogP contribution >= 0.6 is 0 Å². The minimum atomic E-state index is -4.03. The summed E-state index contributed by atoms with van der Waals surface area (Å²) in [5, 5.41) is 3.08. The summed E-state index contributed by atoms with van der Waals surface area (Å²) in [6, 6.07) is 19.7. The highest BCUT2D eigenvalue weighted by atomic mass is 32.2. The minimum absolute atomic E-state index is 0.114. The summed E-state index contributed by atoms with van der Waals surface area (Å²) in [6.07, 6.45) is 5.26. The van der Waals surface area contributed by atoms with Gasteiger partial charge in [0.1, 0.15) is 12.3 Å². The molecule has 0 spiro atoms. The average Bonchev–Trinajstić information content (AvgIpc) is 2.90. The lowest BCUT2D eigenvalue weighted by Gasteiger charge is -2.27. The van der Waals surface area contributed by atoms with Crippen LogP contribution in [0.15, 0.2) is 71.6 Å². The third kappa shape index (κ3) is 5.57. The van der Waals surface area contributed by atoms with Crippen molar-refractivity contribution in [3.63, 3.8) is 0 Å². The Balaban J connectivity index is 1.64. The number of hydrogen-bond donors (Lipinski definition) is 1. The van der Waals surface area contributed by atoms with Crippen LogP contribution in [0.2, 0.25) is 0 Å². The van der Waals surface area contributed by atoms with Crippen molar-refractivity contribution >= 4 is 21.6 Å². The molecule has 0 saturated heterocycles. The van der Waals surface area contributed by atoms with Gasteiger partial charge in [-0.05, 0) is 85.5 Å². The van der Waals surface area contributed by atoms with Crippen molar-refractivity contribution in [1.82, 2.24) is 5.32 Å². The molecule has 0 aliphatic heterocycles. The largest absolute Gasteiger partial charge is 0.495 e. The first-order chi connectivity index (χ1) is 17.3. The van der Waals surface area contributed by atoms with E-state index in [2.05, 4.69) is 23.5 Å². The SMILES string of the molecule is CCC(NC(=O)CN(c1cc(C)ccc1OC)S(=O)(=O)c1ccccc1)c1ccc2c(c1)CCCC2. The lowest BCUT2D eigenvalue weighted by molar-refractivity contribution is -0.120. The standard InChI is InChI=1S/C29H34N2O4S/c1-4-26(24-16-15-22-10-8-9-11-23(22)19-24)30-29(32)20-31(27-18-21(2)14-17-28(27)35-3)36(33,34)25-12-6-5-7-13-25/h5-7,12-19,26H,4,8-11,20H2,1-3H3,(H,30,32). The Bertz CT molecular complexity index is 1320. The Kier molecular flexibility index (Phi) is 7.99. The van der Waals surface area contributed by atoms with Crippen LogP contribution in [0.1, 0.15) is 54.5 Å². The smallest absolute Gasteiger partial charge is 0.264 e. The molecule has 6 nitrogen and oxygen atoms in total. The number of nitrogens with one attached hydrogen (secondary N) is 1. The summed E-state index contributed by atoms with van der Waals surface area (Å²) in [4.78, 5) is 13.5. The second-order valence-electron chi connectivity index (χ2n) is 9.26. The Morgan fingerprint density at radius 1 is 1.00 bits per heavy atom. The Morgan fingerprint density at radius 3 is 2.42 bits per heavy atom. The van der Waals surface area contributed by atoms with Gasteiger partial charge in [0, 0.05) is 0 Å². The zero-order chi connectivity index (χ0) is 25.7. The number of amides is 1. The predicted molar refractivity (Wildman–Crippen MR) is 143 cm³/mol. The predicted octanol–water partition coefficient (Wildman–Crippen LogP) is 5.35. The molecule has 0 saturated carbocycles. The topological polar surface area (TPSA) is 75.7 Å². The number of methoxy groups -OCH3 is 1. The van der Waals surface area contributed by atoms with Crippen LogP contribution in [0.3, 0.4) is 0 Å². The second kappa shape index (κ2) is 11.2. The number of aryl methyl sites for hydroxylation is 3. The molecule has 0 aromatic heterocycles. The molecule has 1 atom stereocenters. The summed E-state index contributed by atoms with van der Waals surface area (Å²) < 4.78 is 34.1. The molecule has 3 aromatic carbocycles.